The van der Waals surface area contributed by atoms with Crippen LogP contribution in [-0.4, -0.2) is 31.6 Å². The van der Waals surface area contributed by atoms with Crippen molar-refractivity contribution in [3.63, 3.8) is 0 Å². The zero-order valence-electron chi connectivity index (χ0n) is 12.0. The second kappa shape index (κ2) is 7.83. The molecule has 0 aliphatic rings. The van der Waals surface area contributed by atoms with Gasteiger partial charge in [-0.2, -0.15) is 16.9 Å². The molecule has 0 aliphatic heterocycles. The minimum Gasteiger partial charge on any atom is -0.480 e. The van der Waals surface area contributed by atoms with Crippen LogP contribution in [0.15, 0.2) is 30.3 Å². The first-order valence-electron chi connectivity index (χ1n) is 6.95. The van der Waals surface area contributed by atoms with E-state index in [0.717, 1.165) is 30.2 Å². The summed E-state index contributed by atoms with van der Waals surface area (Å²) >= 11 is 1.82. The average molecular weight is 305 g/mol. The molecular weight excluding hydrogens is 286 g/mol. The number of hydrogen-bond acceptors (Lipinski definition) is 4. The van der Waals surface area contributed by atoms with Gasteiger partial charge in [0.1, 0.15) is 12.4 Å². The van der Waals surface area contributed by atoms with Crippen molar-refractivity contribution in [3.8, 4) is 0 Å². The molecule has 1 heterocycles. The van der Waals surface area contributed by atoms with Crippen LogP contribution in [0.3, 0.4) is 0 Å². The molecule has 0 spiro atoms. The van der Waals surface area contributed by atoms with E-state index < -0.39 is 5.97 Å². The fraction of sp³-hybridized carbons (Fsp3) is 0.400. The third kappa shape index (κ3) is 4.90. The maximum atomic E-state index is 10.8. The third-order valence-electron chi connectivity index (χ3n) is 2.98. The Morgan fingerprint density at radius 3 is 2.76 bits per heavy atom. The number of carboxylic acids is 1. The van der Waals surface area contributed by atoms with Gasteiger partial charge in [-0.3, -0.25) is 4.79 Å². The maximum absolute atomic E-state index is 10.8. The standard InChI is InChI=1S/C15H19N3O2S/c1-2-13-16-14(18(17-13)10-15(19)20)8-9-21-11-12-6-4-3-5-7-12/h3-7H,2,8-11H2,1H3,(H,19,20). The number of hydrogen-bond donors (Lipinski definition) is 1. The SMILES string of the molecule is CCc1nc(CCSCc2ccccc2)n(CC(=O)O)n1. The number of aromatic nitrogens is 3. The Balaban J connectivity index is 1.87. The topological polar surface area (TPSA) is 68.0 Å². The van der Waals surface area contributed by atoms with Gasteiger partial charge in [-0.1, -0.05) is 37.3 Å². The van der Waals surface area contributed by atoms with E-state index in [1.165, 1.54) is 10.2 Å². The molecule has 21 heavy (non-hydrogen) atoms. The maximum Gasteiger partial charge on any atom is 0.325 e. The molecule has 6 heteroatoms. The van der Waals surface area contributed by atoms with E-state index >= 15 is 0 Å². The quantitative estimate of drug-likeness (QED) is 0.759. The molecule has 0 radical (unpaired) electrons. The molecule has 2 rings (SSSR count). The number of aryl methyl sites for hydroxylation is 2. The van der Waals surface area contributed by atoms with E-state index in [1.807, 2.05) is 36.9 Å². The minimum atomic E-state index is -0.888. The predicted molar refractivity (Wildman–Crippen MR) is 83.3 cm³/mol. The summed E-state index contributed by atoms with van der Waals surface area (Å²) in [5.41, 5.74) is 1.30. The fourth-order valence-corrected chi connectivity index (χ4v) is 2.84. The summed E-state index contributed by atoms with van der Waals surface area (Å²) in [4.78, 5) is 15.2. The highest BCUT2D eigenvalue weighted by Gasteiger charge is 2.11. The molecule has 0 bridgehead atoms. The van der Waals surface area contributed by atoms with Crippen LogP contribution in [0.4, 0.5) is 0 Å². The van der Waals surface area contributed by atoms with Gasteiger partial charge in [0.05, 0.1) is 0 Å². The normalized spacial score (nSPS) is 10.7. The van der Waals surface area contributed by atoms with Crippen molar-refractivity contribution in [1.82, 2.24) is 14.8 Å². The molecule has 112 valence electrons. The lowest BCUT2D eigenvalue weighted by molar-refractivity contribution is -0.137. The Kier molecular flexibility index (Phi) is 5.80. The van der Waals surface area contributed by atoms with Gasteiger partial charge in [0.2, 0.25) is 0 Å². The van der Waals surface area contributed by atoms with Gasteiger partial charge in [0.25, 0.3) is 0 Å². The number of carboxylic acid groups (broad SMARTS) is 1. The number of rotatable bonds is 8. The van der Waals surface area contributed by atoms with Crippen LogP contribution in [0.25, 0.3) is 0 Å². The highest BCUT2D eigenvalue weighted by atomic mass is 32.2. The van der Waals surface area contributed by atoms with Crippen molar-refractivity contribution < 1.29 is 9.90 Å². The van der Waals surface area contributed by atoms with E-state index in [1.54, 1.807) is 0 Å². The zero-order valence-corrected chi connectivity index (χ0v) is 12.8. The van der Waals surface area contributed by atoms with Gasteiger partial charge >= 0.3 is 5.97 Å². The monoisotopic (exact) mass is 305 g/mol. The van der Waals surface area contributed by atoms with E-state index in [-0.39, 0.29) is 6.54 Å². The number of thioether (sulfide) groups is 1. The minimum absolute atomic E-state index is 0.119. The number of nitrogens with zero attached hydrogens (tertiary/aromatic N) is 3. The number of benzene rings is 1. The van der Waals surface area contributed by atoms with Crippen molar-refractivity contribution in [1.29, 1.82) is 0 Å². The van der Waals surface area contributed by atoms with E-state index in [2.05, 4.69) is 22.2 Å². The van der Waals surface area contributed by atoms with Crippen LogP contribution in [0.2, 0.25) is 0 Å². The molecule has 0 saturated heterocycles. The fourth-order valence-electron chi connectivity index (χ4n) is 1.94. The Hall–Kier alpha value is -1.82. The molecule has 0 unspecified atom stereocenters. The average Bonchev–Trinajstić information content (AvgIpc) is 2.86. The molecule has 1 N–H and O–H groups in total. The van der Waals surface area contributed by atoms with Crippen LogP contribution < -0.4 is 0 Å². The van der Waals surface area contributed by atoms with Crippen molar-refractivity contribution in [2.45, 2.75) is 32.1 Å². The Morgan fingerprint density at radius 2 is 2.10 bits per heavy atom. The summed E-state index contributed by atoms with van der Waals surface area (Å²) in [5, 5.41) is 13.1. The first-order chi connectivity index (χ1) is 10.2. The Morgan fingerprint density at radius 1 is 1.33 bits per heavy atom. The number of carbonyl (C=O) groups is 1. The summed E-state index contributed by atoms with van der Waals surface area (Å²) in [6, 6.07) is 10.3. The lowest BCUT2D eigenvalue weighted by Crippen LogP contribution is -2.14. The largest absolute Gasteiger partial charge is 0.480 e. The molecular formula is C15H19N3O2S. The van der Waals surface area contributed by atoms with Gasteiger partial charge in [-0.15, -0.1) is 0 Å². The van der Waals surface area contributed by atoms with Gasteiger partial charge in [-0.05, 0) is 5.56 Å². The summed E-state index contributed by atoms with van der Waals surface area (Å²) in [7, 11) is 0. The van der Waals surface area contributed by atoms with Gasteiger partial charge in [0, 0.05) is 24.3 Å². The van der Waals surface area contributed by atoms with Gasteiger partial charge in [-0.25, -0.2) is 9.67 Å². The molecule has 5 nitrogen and oxygen atoms in total. The van der Waals surface area contributed by atoms with E-state index in [9.17, 15) is 4.79 Å². The molecule has 0 amide bonds. The van der Waals surface area contributed by atoms with Crippen LogP contribution in [0.5, 0.6) is 0 Å². The molecule has 1 aromatic heterocycles. The van der Waals surface area contributed by atoms with E-state index in [0.29, 0.717) is 5.82 Å². The van der Waals surface area contributed by atoms with Crippen molar-refractivity contribution >= 4 is 17.7 Å². The molecule has 0 fully saturated rings. The summed E-state index contributed by atoms with van der Waals surface area (Å²) < 4.78 is 1.50. The lowest BCUT2D eigenvalue weighted by Gasteiger charge is -2.03. The van der Waals surface area contributed by atoms with Crippen molar-refractivity contribution in [2.24, 2.45) is 0 Å². The van der Waals surface area contributed by atoms with E-state index in [4.69, 9.17) is 5.11 Å². The Bertz CT molecular complexity index is 584. The zero-order chi connectivity index (χ0) is 15.1. The predicted octanol–water partition coefficient (Wildman–Crippen LogP) is 2.40. The number of aliphatic carboxylic acids is 1. The molecule has 2 aromatic rings. The molecule has 1 aromatic carbocycles. The van der Waals surface area contributed by atoms with Gasteiger partial charge < -0.3 is 5.11 Å². The summed E-state index contributed by atoms with van der Waals surface area (Å²) in [6.07, 6.45) is 1.45. The third-order valence-corrected chi connectivity index (χ3v) is 4.01. The highest BCUT2D eigenvalue weighted by Crippen LogP contribution is 2.13. The summed E-state index contributed by atoms with van der Waals surface area (Å²) in [5.74, 6) is 2.43. The second-order valence-electron chi connectivity index (χ2n) is 4.64. The van der Waals surface area contributed by atoms with Crippen molar-refractivity contribution in [2.75, 3.05) is 5.75 Å². The van der Waals surface area contributed by atoms with Crippen LogP contribution in [-0.2, 0) is 29.9 Å². The van der Waals surface area contributed by atoms with Crippen LogP contribution >= 0.6 is 11.8 Å². The lowest BCUT2D eigenvalue weighted by atomic mass is 10.2. The Labute approximate surface area is 128 Å². The highest BCUT2D eigenvalue weighted by molar-refractivity contribution is 7.98. The first kappa shape index (κ1) is 15.6. The second-order valence-corrected chi connectivity index (χ2v) is 5.74. The molecule has 0 atom stereocenters. The molecule has 0 saturated carbocycles. The first-order valence-corrected chi connectivity index (χ1v) is 8.10. The van der Waals surface area contributed by atoms with Crippen LogP contribution in [0.1, 0.15) is 24.1 Å². The smallest absolute Gasteiger partial charge is 0.325 e. The van der Waals surface area contributed by atoms with Crippen molar-refractivity contribution in [3.05, 3.63) is 47.5 Å². The molecule has 0 aliphatic carbocycles. The van der Waals surface area contributed by atoms with Crippen LogP contribution in [0, 0.1) is 0 Å². The summed E-state index contributed by atoms with van der Waals surface area (Å²) in [6.45, 7) is 1.85. The van der Waals surface area contributed by atoms with Gasteiger partial charge in [0.15, 0.2) is 5.82 Å².